The van der Waals surface area contributed by atoms with E-state index in [4.69, 9.17) is 0 Å². The molecule has 1 aliphatic heterocycles. The Morgan fingerprint density at radius 1 is 0.931 bits per heavy atom. The van der Waals surface area contributed by atoms with E-state index in [9.17, 15) is 0 Å². The van der Waals surface area contributed by atoms with Crippen LogP contribution in [0, 0.1) is 13.8 Å². The number of hydrogen-bond acceptors (Lipinski definition) is 4. The van der Waals surface area contributed by atoms with Gasteiger partial charge in [0.25, 0.3) is 0 Å². The van der Waals surface area contributed by atoms with E-state index in [2.05, 4.69) is 83.9 Å². The normalized spacial score (nSPS) is 14.8. The summed E-state index contributed by atoms with van der Waals surface area (Å²) in [7, 11) is 2.07. The highest BCUT2D eigenvalue weighted by Crippen LogP contribution is 2.39. The zero-order valence-electron chi connectivity index (χ0n) is 17.6. The number of aryl methyl sites for hydroxylation is 2. The standard InChI is InChI=1S/C25H30N4/c1-18-13-19(2)15-20(14-18)23-16-27-17-24(28-22-7-5-4-6-8-22)25(23)29-11-9-21(26-3)10-12-29/h4-8,13-17,21,26,28H,9-12H2,1-3H3. The molecule has 0 bridgehead atoms. The topological polar surface area (TPSA) is 40.2 Å². The lowest BCUT2D eigenvalue weighted by atomic mass is 9.97. The highest BCUT2D eigenvalue weighted by atomic mass is 15.2. The van der Waals surface area contributed by atoms with Gasteiger partial charge in [0.05, 0.1) is 17.6 Å². The molecule has 2 heterocycles. The number of benzene rings is 2. The lowest BCUT2D eigenvalue weighted by Gasteiger charge is -2.36. The molecule has 2 N–H and O–H groups in total. The summed E-state index contributed by atoms with van der Waals surface area (Å²) in [6, 6.07) is 17.7. The first kappa shape index (κ1) is 19.5. The molecular weight excluding hydrogens is 356 g/mol. The van der Waals surface area contributed by atoms with Crippen LogP contribution in [0.15, 0.2) is 60.9 Å². The Kier molecular flexibility index (Phi) is 5.81. The summed E-state index contributed by atoms with van der Waals surface area (Å²) in [5, 5.41) is 7.05. The van der Waals surface area contributed by atoms with Crippen molar-refractivity contribution in [3.63, 3.8) is 0 Å². The third-order valence-corrected chi connectivity index (χ3v) is 5.72. The summed E-state index contributed by atoms with van der Waals surface area (Å²) in [5.74, 6) is 0. The molecule has 1 fully saturated rings. The summed E-state index contributed by atoms with van der Waals surface area (Å²) < 4.78 is 0. The molecule has 0 radical (unpaired) electrons. The zero-order chi connectivity index (χ0) is 20.2. The third-order valence-electron chi connectivity index (χ3n) is 5.72. The van der Waals surface area contributed by atoms with Crippen molar-refractivity contribution in [1.29, 1.82) is 0 Å². The summed E-state index contributed by atoms with van der Waals surface area (Å²) in [5.41, 5.74) is 8.39. The summed E-state index contributed by atoms with van der Waals surface area (Å²) in [6.07, 6.45) is 6.27. The van der Waals surface area contributed by atoms with E-state index in [1.807, 2.05) is 18.5 Å². The fourth-order valence-electron chi connectivity index (χ4n) is 4.30. The molecule has 0 saturated carbocycles. The van der Waals surface area contributed by atoms with Crippen molar-refractivity contribution in [3.05, 3.63) is 72.1 Å². The van der Waals surface area contributed by atoms with Crippen LogP contribution in [0.25, 0.3) is 11.1 Å². The minimum Gasteiger partial charge on any atom is -0.369 e. The zero-order valence-corrected chi connectivity index (χ0v) is 17.6. The first-order chi connectivity index (χ1) is 14.1. The van der Waals surface area contributed by atoms with E-state index in [0.29, 0.717) is 6.04 Å². The Hall–Kier alpha value is -2.85. The Labute approximate surface area is 174 Å². The van der Waals surface area contributed by atoms with Crippen molar-refractivity contribution in [3.8, 4) is 11.1 Å². The van der Waals surface area contributed by atoms with E-state index in [0.717, 1.165) is 37.3 Å². The third kappa shape index (κ3) is 4.43. The SMILES string of the molecule is CNC1CCN(c2c(Nc3ccccc3)cncc2-c2cc(C)cc(C)c2)CC1. The van der Waals surface area contributed by atoms with Gasteiger partial charge in [0.15, 0.2) is 0 Å². The predicted molar refractivity (Wildman–Crippen MR) is 123 cm³/mol. The van der Waals surface area contributed by atoms with Gasteiger partial charge >= 0.3 is 0 Å². The first-order valence-corrected chi connectivity index (χ1v) is 10.4. The number of aromatic nitrogens is 1. The molecule has 2 aromatic carbocycles. The molecule has 1 aliphatic rings. The largest absolute Gasteiger partial charge is 0.369 e. The summed E-state index contributed by atoms with van der Waals surface area (Å²) in [4.78, 5) is 7.12. The monoisotopic (exact) mass is 386 g/mol. The van der Waals surface area contributed by atoms with Crippen molar-refractivity contribution in [1.82, 2.24) is 10.3 Å². The molecule has 1 aromatic heterocycles. The average Bonchev–Trinajstić information content (AvgIpc) is 2.74. The number of pyridine rings is 1. The molecular formula is C25H30N4. The van der Waals surface area contributed by atoms with Crippen molar-refractivity contribution in [2.24, 2.45) is 0 Å². The van der Waals surface area contributed by atoms with Gasteiger partial charge in [0.1, 0.15) is 0 Å². The number of hydrogen-bond donors (Lipinski definition) is 2. The number of nitrogens with zero attached hydrogens (tertiary/aromatic N) is 2. The number of anilines is 3. The molecule has 0 atom stereocenters. The van der Waals surface area contributed by atoms with Gasteiger partial charge in [0.2, 0.25) is 0 Å². The highest BCUT2D eigenvalue weighted by Gasteiger charge is 2.23. The van der Waals surface area contributed by atoms with E-state index < -0.39 is 0 Å². The molecule has 0 unspecified atom stereocenters. The van der Waals surface area contributed by atoms with Crippen molar-refractivity contribution in [2.45, 2.75) is 32.7 Å². The molecule has 4 heteroatoms. The highest BCUT2D eigenvalue weighted by molar-refractivity contribution is 5.89. The van der Waals surface area contributed by atoms with E-state index >= 15 is 0 Å². The maximum absolute atomic E-state index is 4.60. The number of rotatable bonds is 5. The average molecular weight is 387 g/mol. The minimum absolute atomic E-state index is 0.600. The van der Waals surface area contributed by atoms with E-state index in [1.54, 1.807) is 0 Å². The van der Waals surface area contributed by atoms with Crippen LogP contribution in [0.1, 0.15) is 24.0 Å². The van der Waals surface area contributed by atoms with Crippen molar-refractivity contribution >= 4 is 17.1 Å². The maximum atomic E-state index is 4.60. The lowest BCUT2D eigenvalue weighted by Crippen LogP contribution is -2.41. The first-order valence-electron chi connectivity index (χ1n) is 10.4. The summed E-state index contributed by atoms with van der Waals surface area (Å²) in [6.45, 7) is 6.40. The molecule has 4 nitrogen and oxygen atoms in total. The second-order valence-electron chi connectivity index (χ2n) is 8.00. The fourth-order valence-corrected chi connectivity index (χ4v) is 4.30. The van der Waals surface area contributed by atoms with Gasteiger partial charge in [-0.3, -0.25) is 4.98 Å². The molecule has 3 aromatic rings. The summed E-state index contributed by atoms with van der Waals surface area (Å²) >= 11 is 0. The minimum atomic E-state index is 0.600. The molecule has 0 aliphatic carbocycles. The van der Waals surface area contributed by atoms with Crippen molar-refractivity contribution in [2.75, 3.05) is 30.4 Å². The van der Waals surface area contributed by atoms with E-state index in [-0.39, 0.29) is 0 Å². The smallest absolute Gasteiger partial charge is 0.0814 e. The fraction of sp³-hybridized carbons (Fsp3) is 0.320. The van der Waals surface area contributed by atoms with E-state index in [1.165, 1.54) is 27.9 Å². The molecule has 0 spiro atoms. The van der Waals surface area contributed by atoms with Gasteiger partial charge in [-0.05, 0) is 51.4 Å². The number of piperidine rings is 1. The quantitative estimate of drug-likeness (QED) is 0.624. The Balaban J connectivity index is 1.79. The molecule has 0 amide bonds. The van der Waals surface area contributed by atoms with Crippen LogP contribution >= 0.6 is 0 Å². The Bertz CT molecular complexity index is 940. The number of para-hydroxylation sites is 1. The van der Waals surface area contributed by atoms with Gasteiger partial charge in [-0.25, -0.2) is 0 Å². The number of nitrogens with one attached hydrogen (secondary N) is 2. The van der Waals surface area contributed by atoms with Crippen LogP contribution in [0.4, 0.5) is 17.1 Å². The Morgan fingerprint density at radius 2 is 1.62 bits per heavy atom. The molecule has 1 saturated heterocycles. The van der Waals surface area contributed by atoms with Gasteiger partial charge in [-0.1, -0.05) is 47.5 Å². The van der Waals surface area contributed by atoms with Gasteiger partial charge in [-0.2, -0.15) is 0 Å². The van der Waals surface area contributed by atoms with Crippen LogP contribution in [-0.2, 0) is 0 Å². The second-order valence-corrected chi connectivity index (χ2v) is 8.00. The van der Waals surface area contributed by atoms with Crippen LogP contribution < -0.4 is 15.5 Å². The van der Waals surface area contributed by atoms with Gasteiger partial charge < -0.3 is 15.5 Å². The molecule has 29 heavy (non-hydrogen) atoms. The van der Waals surface area contributed by atoms with Crippen LogP contribution in [0.5, 0.6) is 0 Å². The van der Waals surface area contributed by atoms with Crippen LogP contribution in [0.3, 0.4) is 0 Å². The maximum Gasteiger partial charge on any atom is 0.0814 e. The Morgan fingerprint density at radius 3 is 2.28 bits per heavy atom. The molecule has 4 rings (SSSR count). The van der Waals surface area contributed by atoms with Gasteiger partial charge in [0, 0.05) is 36.6 Å². The lowest BCUT2D eigenvalue weighted by molar-refractivity contribution is 0.443. The van der Waals surface area contributed by atoms with Crippen LogP contribution in [-0.4, -0.2) is 31.2 Å². The second kappa shape index (κ2) is 8.66. The van der Waals surface area contributed by atoms with Gasteiger partial charge in [-0.15, -0.1) is 0 Å². The predicted octanol–water partition coefficient (Wildman–Crippen LogP) is 5.30. The van der Waals surface area contributed by atoms with Crippen LogP contribution in [0.2, 0.25) is 0 Å². The van der Waals surface area contributed by atoms with Crippen molar-refractivity contribution < 1.29 is 0 Å². The molecule has 150 valence electrons.